The van der Waals surface area contributed by atoms with Crippen LogP contribution < -0.4 is 15.0 Å². The number of urea groups is 1. The fourth-order valence-corrected chi connectivity index (χ4v) is 6.02. The minimum Gasteiger partial charge on any atom is -0.497 e. The zero-order valence-electron chi connectivity index (χ0n) is 22.5. The van der Waals surface area contributed by atoms with Gasteiger partial charge in [-0.2, -0.15) is 0 Å². The van der Waals surface area contributed by atoms with Gasteiger partial charge < -0.3 is 15.0 Å². The smallest absolute Gasteiger partial charge is 0.332 e. The van der Waals surface area contributed by atoms with Crippen molar-refractivity contribution in [1.29, 1.82) is 0 Å². The second-order valence-corrected chi connectivity index (χ2v) is 10.3. The number of rotatable bonds is 5. The van der Waals surface area contributed by atoms with Gasteiger partial charge in [0.25, 0.3) is 11.8 Å². The van der Waals surface area contributed by atoms with Crippen LogP contribution >= 0.6 is 0 Å². The Bertz CT molecular complexity index is 1870. The first-order valence-corrected chi connectivity index (χ1v) is 13.5. The van der Waals surface area contributed by atoms with E-state index in [0.29, 0.717) is 17.9 Å². The fourth-order valence-electron chi connectivity index (χ4n) is 6.02. The van der Waals surface area contributed by atoms with Gasteiger partial charge in [0, 0.05) is 28.7 Å². The number of carbonyl (C=O) groups is 3. The van der Waals surface area contributed by atoms with Crippen LogP contribution in [0.4, 0.5) is 20.6 Å². The number of amides is 4. The van der Waals surface area contributed by atoms with Gasteiger partial charge in [-0.15, -0.1) is 0 Å². The first-order valence-electron chi connectivity index (χ1n) is 13.5. The van der Waals surface area contributed by atoms with Crippen molar-refractivity contribution in [3.05, 3.63) is 125 Å². The van der Waals surface area contributed by atoms with Gasteiger partial charge in [-0.05, 0) is 65.7 Å². The molecule has 2 aliphatic heterocycles. The topological polar surface area (TPSA) is 94.7 Å². The highest BCUT2D eigenvalue weighted by molar-refractivity contribution is 6.24. The van der Waals surface area contributed by atoms with Gasteiger partial charge in [-0.1, -0.05) is 42.5 Å². The van der Waals surface area contributed by atoms with Crippen molar-refractivity contribution in [2.24, 2.45) is 0 Å². The number of H-pyrrole nitrogens is 1. The molecule has 208 valence electrons. The van der Waals surface area contributed by atoms with Crippen LogP contribution in [-0.2, 0) is 11.2 Å². The number of carbonyl (C=O) groups excluding carboxylic acids is 3. The van der Waals surface area contributed by atoms with Crippen molar-refractivity contribution < 1.29 is 23.5 Å². The molecule has 3 heterocycles. The van der Waals surface area contributed by atoms with Crippen molar-refractivity contribution >= 4 is 40.1 Å². The van der Waals surface area contributed by atoms with E-state index in [4.69, 9.17) is 4.74 Å². The summed E-state index contributed by atoms with van der Waals surface area (Å²) >= 11 is 0. The summed E-state index contributed by atoms with van der Waals surface area (Å²) in [6.45, 7) is 0. The Morgan fingerprint density at radius 3 is 2.40 bits per heavy atom. The number of hydrogen-bond acceptors (Lipinski definition) is 4. The highest BCUT2D eigenvalue weighted by Gasteiger charge is 2.53. The molecule has 8 nitrogen and oxygen atoms in total. The van der Waals surface area contributed by atoms with Crippen molar-refractivity contribution in [3.8, 4) is 5.75 Å². The van der Waals surface area contributed by atoms with Crippen LogP contribution in [0.25, 0.3) is 10.9 Å². The molecule has 9 heteroatoms. The maximum absolute atomic E-state index is 14.3. The van der Waals surface area contributed by atoms with Crippen molar-refractivity contribution in [1.82, 2.24) is 9.88 Å². The van der Waals surface area contributed by atoms with Gasteiger partial charge in [0.2, 0.25) is 0 Å². The number of nitrogens with zero attached hydrogens (tertiary/aromatic N) is 2. The molecule has 0 aliphatic carbocycles. The van der Waals surface area contributed by atoms with E-state index in [1.807, 2.05) is 48.5 Å². The molecule has 0 radical (unpaired) electrons. The summed E-state index contributed by atoms with van der Waals surface area (Å²) in [5.74, 6) is -0.682. The fraction of sp³-hybridized carbons (Fsp3) is 0.121. The molecule has 7 rings (SSSR count). The van der Waals surface area contributed by atoms with Crippen LogP contribution in [-0.4, -0.2) is 40.9 Å². The molecule has 0 spiro atoms. The van der Waals surface area contributed by atoms with Crippen LogP contribution in [0.15, 0.2) is 97.1 Å². The highest BCUT2D eigenvalue weighted by atomic mass is 19.1. The number of aromatic nitrogens is 1. The number of benzene rings is 4. The third kappa shape index (κ3) is 4.01. The van der Waals surface area contributed by atoms with Crippen LogP contribution in [0.5, 0.6) is 5.75 Å². The Kier molecular flexibility index (Phi) is 6.00. The number of fused-ring (bicyclic) bond motifs is 4. The normalized spacial score (nSPS) is 17.8. The van der Waals surface area contributed by atoms with Gasteiger partial charge in [-0.3, -0.25) is 14.5 Å². The van der Waals surface area contributed by atoms with E-state index in [1.54, 1.807) is 36.3 Å². The maximum Gasteiger partial charge on any atom is 0.332 e. The maximum atomic E-state index is 14.3. The molecule has 2 N–H and O–H groups in total. The third-order valence-electron chi connectivity index (χ3n) is 7.97. The molecule has 1 aromatic heterocycles. The zero-order chi connectivity index (χ0) is 29.0. The van der Waals surface area contributed by atoms with Crippen molar-refractivity contribution in [3.63, 3.8) is 0 Å². The van der Waals surface area contributed by atoms with E-state index >= 15 is 0 Å². The molecule has 4 amide bonds. The lowest BCUT2D eigenvalue weighted by molar-refractivity contribution is -0.120. The largest absolute Gasteiger partial charge is 0.497 e. The molecule has 0 bridgehead atoms. The van der Waals surface area contributed by atoms with Crippen molar-refractivity contribution in [2.75, 3.05) is 17.3 Å². The number of halogens is 1. The number of nitrogens with one attached hydrogen (secondary N) is 2. The summed E-state index contributed by atoms with van der Waals surface area (Å²) in [5.41, 5.74) is 4.30. The van der Waals surface area contributed by atoms with Crippen LogP contribution in [0.1, 0.15) is 33.2 Å². The lowest BCUT2D eigenvalue weighted by Crippen LogP contribution is -2.44. The number of imide groups is 1. The Balaban J connectivity index is 1.31. The van der Waals surface area contributed by atoms with E-state index in [9.17, 15) is 18.8 Å². The van der Waals surface area contributed by atoms with E-state index in [2.05, 4.69) is 10.3 Å². The predicted octanol–water partition coefficient (Wildman–Crippen LogP) is 6.05. The van der Waals surface area contributed by atoms with Gasteiger partial charge >= 0.3 is 6.03 Å². The van der Waals surface area contributed by atoms with Crippen LogP contribution in [0.3, 0.4) is 0 Å². The number of aromatic amines is 1. The molecular weight excluding hydrogens is 535 g/mol. The summed E-state index contributed by atoms with van der Waals surface area (Å²) < 4.78 is 18.7. The second kappa shape index (κ2) is 9.88. The molecule has 0 saturated carbocycles. The molecule has 1 fully saturated rings. The molecule has 4 aromatic carbocycles. The highest BCUT2D eigenvalue weighted by Crippen LogP contribution is 2.45. The number of anilines is 2. The SMILES string of the molecule is COc1ccc([C@@H]2c3[nH]c4ccccc4c3C[C@H]3C(=O)N(c4ccccc4C(=O)Nc4ccc(F)cc4)C(=O)N23)cc1. The summed E-state index contributed by atoms with van der Waals surface area (Å²) in [7, 11) is 1.59. The number of hydrogen-bond donors (Lipinski definition) is 2. The molecule has 5 aromatic rings. The van der Waals surface area contributed by atoms with Gasteiger partial charge in [0.15, 0.2) is 0 Å². The predicted molar refractivity (Wildman–Crippen MR) is 156 cm³/mol. The first kappa shape index (κ1) is 25.5. The molecular formula is C33H25FN4O4. The Labute approximate surface area is 240 Å². The Morgan fingerprint density at radius 1 is 0.929 bits per heavy atom. The summed E-state index contributed by atoms with van der Waals surface area (Å²) in [5, 5.41) is 3.74. The average molecular weight is 561 g/mol. The van der Waals surface area contributed by atoms with Gasteiger partial charge in [-0.25, -0.2) is 14.1 Å². The third-order valence-corrected chi connectivity index (χ3v) is 7.97. The minimum atomic E-state index is -0.774. The molecule has 2 aliphatic rings. The number of para-hydroxylation sites is 2. The quantitative estimate of drug-likeness (QED) is 0.256. The molecule has 2 atom stereocenters. The van der Waals surface area contributed by atoms with Crippen molar-refractivity contribution in [2.45, 2.75) is 18.5 Å². The number of ether oxygens (including phenoxy) is 1. The summed E-state index contributed by atoms with van der Waals surface area (Å²) in [6, 6.07) is 25.3. The van der Waals surface area contributed by atoms with E-state index in [-0.39, 0.29) is 11.3 Å². The zero-order valence-corrected chi connectivity index (χ0v) is 22.5. The average Bonchev–Trinajstić information content (AvgIpc) is 3.51. The minimum absolute atomic E-state index is 0.147. The Morgan fingerprint density at radius 2 is 1.64 bits per heavy atom. The summed E-state index contributed by atoms with van der Waals surface area (Å²) in [4.78, 5) is 48.0. The van der Waals surface area contributed by atoms with Gasteiger partial charge in [0.1, 0.15) is 23.7 Å². The standard InChI is InChI=1S/C33H25FN4O4/c1-42-22-16-10-19(11-17-22)30-29-25(23-6-2-4-8-26(23)36-29)18-28-32(40)38(33(41)37(28)30)27-9-5-3-7-24(27)31(39)35-21-14-12-20(34)13-15-21/h2-17,28,30,36H,18H2,1H3,(H,35,39)/t28-,30+/m0/s1. The second-order valence-electron chi connectivity index (χ2n) is 10.3. The first-order chi connectivity index (χ1) is 20.4. The Hall–Kier alpha value is -5.44. The lowest BCUT2D eigenvalue weighted by Gasteiger charge is -2.36. The van der Waals surface area contributed by atoms with E-state index in [1.165, 1.54) is 24.3 Å². The molecule has 42 heavy (non-hydrogen) atoms. The van der Waals surface area contributed by atoms with Crippen LogP contribution in [0, 0.1) is 5.82 Å². The van der Waals surface area contributed by atoms with E-state index in [0.717, 1.165) is 32.6 Å². The molecule has 1 saturated heterocycles. The lowest BCUT2D eigenvalue weighted by atomic mass is 9.89. The molecule has 0 unspecified atom stereocenters. The summed E-state index contributed by atoms with van der Waals surface area (Å²) in [6.07, 6.45) is 0.330. The number of methoxy groups -OCH3 is 1. The van der Waals surface area contributed by atoms with E-state index < -0.39 is 35.7 Å². The van der Waals surface area contributed by atoms with Gasteiger partial charge in [0.05, 0.1) is 18.4 Å². The van der Waals surface area contributed by atoms with Crippen LogP contribution in [0.2, 0.25) is 0 Å². The monoisotopic (exact) mass is 560 g/mol.